The van der Waals surface area contributed by atoms with Crippen LogP contribution >= 0.6 is 22.9 Å². The van der Waals surface area contributed by atoms with Gasteiger partial charge in [0.25, 0.3) is 5.91 Å². The molecule has 0 unspecified atom stereocenters. The minimum absolute atomic E-state index is 0.153. The van der Waals surface area contributed by atoms with E-state index < -0.39 is 5.91 Å². The first-order valence-corrected chi connectivity index (χ1v) is 6.07. The fourth-order valence-corrected chi connectivity index (χ4v) is 1.96. The third kappa shape index (κ3) is 3.31. The number of nitrogens with zero attached hydrogens (tertiary/aromatic N) is 1. The molecule has 2 aromatic heterocycles. The Morgan fingerprint density at radius 1 is 1.50 bits per heavy atom. The summed E-state index contributed by atoms with van der Waals surface area (Å²) in [4.78, 5) is 26.8. The molecule has 0 fully saturated rings. The smallest absolute Gasteiger partial charge is 0.287 e. The SMILES string of the molecule is O=C(CNC(=O)c1ccco1)Nc1ncc(Cl)s1. The summed E-state index contributed by atoms with van der Waals surface area (Å²) in [6.45, 7) is -0.170. The second-order valence-electron chi connectivity index (χ2n) is 3.18. The van der Waals surface area contributed by atoms with Crippen LogP contribution < -0.4 is 10.6 Å². The van der Waals surface area contributed by atoms with Gasteiger partial charge in [-0.05, 0) is 12.1 Å². The van der Waals surface area contributed by atoms with Crippen LogP contribution in [0.3, 0.4) is 0 Å². The molecule has 2 rings (SSSR count). The number of carbonyl (C=O) groups is 2. The number of rotatable bonds is 4. The maximum absolute atomic E-state index is 11.5. The van der Waals surface area contributed by atoms with Gasteiger partial charge < -0.3 is 15.1 Å². The molecule has 6 nitrogen and oxygen atoms in total. The molecule has 0 radical (unpaired) electrons. The molecule has 0 bridgehead atoms. The first kappa shape index (κ1) is 12.6. The first-order valence-electron chi connectivity index (χ1n) is 4.88. The van der Waals surface area contributed by atoms with Crippen LogP contribution in [0.25, 0.3) is 0 Å². The molecule has 18 heavy (non-hydrogen) atoms. The molecule has 0 aliphatic rings. The average Bonchev–Trinajstić information content (AvgIpc) is 2.97. The summed E-state index contributed by atoms with van der Waals surface area (Å²) in [5, 5.41) is 5.30. The Bertz CT molecular complexity index is 552. The van der Waals surface area contributed by atoms with Gasteiger partial charge in [0.2, 0.25) is 5.91 Å². The summed E-state index contributed by atoms with van der Waals surface area (Å²) in [7, 11) is 0. The molecule has 94 valence electrons. The number of anilines is 1. The van der Waals surface area contributed by atoms with E-state index in [0.29, 0.717) is 9.47 Å². The predicted octanol–water partition coefficient (Wildman–Crippen LogP) is 1.76. The molecule has 2 heterocycles. The zero-order chi connectivity index (χ0) is 13.0. The van der Waals surface area contributed by atoms with Crippen LogP contribution in [-0.2, 0) is 4.79 Å². The number of thiazole rings is 1. The summed E-state index contributed by atoms with van der Waals surface area (Å²) in [6.07, 6.45) is 2.82. The Morgan fingerprint density at radius 2 is 2.33 bits per heavy atom. The highest BCUT2D eigenvalue weighted by molar-refractivity contribution is 7.19. The highest BCUT2D eigenvalue weighted by Gasteiger charge is 2.11. The van der Waals surface area contributed by atoms with Crippen molar-refractivity contribution in [3.8, 4) is 0 Å². The van der Waals surface area contributed by atoms with E-state index in [0.717, 1.165) is 11.3 Å². The lowest BCUT2D eigenvalue weighted by Crippen LogP contribution is -2.32. The zero-order valence-corrected chi connectivity index (χ0v) is 10.5. The van der Waals surface area contributed by atoms with Gasteiger partial charge in [0.05, 0.1) is 19.0 Å². The number of carbonyl (C=O) groups excluding carboxylic acids is 2. The van der Waals surface area contributed by atoms with Crippen LogP contribution in [0.15, 0.2) is 29.0 Å². The molecule has 2 N–H and O–H groups in total. The summed E-state index contributed by atoms with van der Waals surface area (Å²) >= 11 is 6.80. The summed E-state index contributed by atoms with van der Waals surface area (Å²) in [5.41, 5.74) is 0. The van der Waals surface area contributed by atoms with Gasteiger partial charge in [0.1, 0.15) is 4.34 Å². The van der Waals surface area contributed by atoms with Crippen molar-refractivity contribution in [2.45, 2.75) is 0 Å². The van der Waals surface area contributed by atoms with Crippen LogP contribution in [0.4, 0.5) is 5.13 Å². The lowest BCUT2D eigenvalue weighted by Gasteiger charge is -2.02. The number of halogens is 1. The lowest BCUT2D eigenvalue weighted by molar-refractivity contribution is -0.115. The van der Waals surface area contributed by atoms with Crippen molar-refractivity contribution in [2.75, 3.05) is 11.9 Å². The van der Waals surface area contributed by atoms with Gasteiger partial charge in [-0.3, -0.25) is 9.59 Å². The number of hydrogen-bond acceptors (Lipinski definition) is 5. The number of hydrogen-bond donors (Lipinski definition) is 2. The minimum Gasteiger partial charge on any atom is -0.459 e. The van der Waals surface area contributed by atoms with Crippen molar-refractivity contribution in [1.29, 1.82) is 0 Å². The molecule has 0 aliphatic carbocycles. The van der Waals surface area contributed by atoms with E-state index in [9.17, 15) is 9.59 Å². The molecule has 8 heteroatoms. The van der Waals surface area contributed by atoms with Crippen molar-refractivity contribution < 1.29 is 14.0 Å². The van der Waals surface area contributed by atoms with E-state index >= 15 is 0 Å². The molecular formula is C10H8ClN3O3S. The fourth-order valence-electron chi connectivity index (χ4n) is 1.13. The van der Waals surface area contributed by atoms with E-state index in [4.69, 9.17) is 16.0 Å². The Hall–Kier alpha value is -1.86. The first-order chi connectivity index (χ1) is 8.65. The Morgan fingerprint density at radius 3 is 2.94 bits per heavy atom. The molecule has 0 spiro atoms. The Balaban J connectivity index is 1.80. The van der Waals surface area contributed by atoms with E-state index in [1.807, 2.05) is 0 Å². The average molecular weight is 286 g/mol. The van der Waals surface area contributed by atoms with Crippen molar-refractivity contribution in [3.05, 3.63) is 34.7 Å². The maximum atomic E-state index is 11.5. The van der Waals surface area contributed by atoms with Gasteiger partial charge in [-0.15, -0.1) is 0 Å². The van der Waals surface area contributed by atoms with E-state index in [1.165, 1.54) is 18.5 Å². The van der Waals surface area contributed by atoms with Gasteiger partial charge >= 0.3 is 0 Å². The van der Waals surface area contributed by atoms with Crippen LogP contribution in [0.2, 0.25) is 4.34 Å². The third-order valence-electron chi connectivity index (χ3n) is 1.88. The largest absolute Gasteiger partial charge is 0.459 e. The topological polar surface area (TPSA) is 84.2 Å². The Kier molecular flexibility index (Phi) is 3.96. The fraction of sp³-hybridized carbons (Fsp3) is 0.100. The maximum Gasteiger partial charge on any atom is 0.287 e. The highest BCUT2D eigenvalue weighted by Crippen LogP contribution is 2.22. The van der Waals surface area contributed by atoms with E-state index in [-0.39, 0.29) is 18.2 Å². The van der Waals surface area contributed by atoms with Crippen LogP contribution in [0, 0.1) is 0 Å². The second kappa shape index (κ2) is 5.65. The van der Waals surface area contributed by atoms with Gasteiger partial charge in [-0.2, -0.15) is 0 Å². The van der Waals surface area contributed by atoms with E-state index in [1.54, 1.807) is 6.07 Å². The number of furan rings is 1. The van der Waals surface area contributed by atoms with Gasteiger partial charge in [-0.25, -0.2) is 4.98 Å². The quantitative estimate of drug-likeness (QED) is 0.896. The number of aromatic nitrogens is 1. The van der Waals surface area contributed by atoms with Gasteiger partial charge in [-0.1, -0.05) is 22.9 Å². The normalized spacial score (nSPS) is 10.1. The van der Waals surface area contributed by atoms with Crippen LogP contribution in [0.1, 0.15) is 10.6 Å². The van der Waals surface area contributed by atoms with Crippen LogP contribution in [-0.4, -0.2) is 23.3 Å². The molecule has 0 saturated heterocycles. The summed E-state index contributed by atoms with van der Waals surface area (Å²) in [6, 6.07) is 3.10. The Labute approximate surface area is 111 Å². The molecule has 0 saturated carbocycles. The van der Waals surface area contributed by atoms with Crippen LogP contribution in [0.5, 0.6) is 0 Å². The van der Waals surface area contributed by atoms with Gasteiger partial charge in [0.15, 0.2) is 10.9 Å². The predicted molar refractivity (Wildman–Crippen MR) is 66.8 cm³/mol. The monoisotopic (exact) mass is 285 g/mol. The zero-order valence-electron chi connectivity index (χ0n) is 8.97. The minimum atomic E-state index is -0.452. The summed E-state index contributed by atoms with van der Waals surface area (Å²) < 4.78 is 5.35. The van der Waals surface area contributed by atoms with Crippen molar-refractivity contribution in [3.63, 3.8) is 0 Å². The molecule has 0 atom stereocenters. The molecule has 0 aliphatic heterocycles. The molecule has 0 aromatic carbocycles. The second-order valence-corrected chi connectivity index (χ2v) is 4.84. The van der Waals surface area contributed by atoms with E-state index in [2.05, 4.69) is 15.6 Å². The highest BCUT2D eigenvalue weighted by atomic mass is 35.5. The van der Waals surface area contributed by atoms with Crippen molar-refractivity contribution >= 4 is 39.9 Å². The standard InChI is InChI=1S/C10H8ClN3O3S/c11-7-4-13-10(18-7)14-8(15)5-12-9(16)6-2-1-3-17-6/h1-4H,5H2,(H,12,16)(H,13,14,15). The van der Waals surface area contributed by atoms with Crippen molar-refractivity contribution in [1.82, 2.24) is 10.3 Å². The van der Waals surface area contributed by atoms with Crippen molar-refractivity contribution in [2.24, 2.45) is 0 Å². The summed E-state index contributed by atoms with van der Waals surface area (Å²) in [5.74, 6) is -0.687. The molecule has 2 amide bonds. The number of nitrogens with one attached hydrogen (secondary N) is 2. The third-order valence-corrected chi connectivity index (χ3v) is 2.91. The van der Waals surface area contributed by atoms with Gasteiger partial charge in [0, 0.05) is 0 Å². The lowest BCUT2D eigenvalue weighted by atomic mass is 10.4. The number of amides is 2. The molecule has 2 aromatic rings. The molecular weight excluding hydrogens is 278 g/mol.